The highest BCUT2D eigenvalue weighted by atomic mass is 16.3. The molecule has 0 bridgehead atoms. The largest absolute Gasteiger partial charge is 0.456 e. The van der Waals surface area contributed by atoms with Gasteiger partial charge in [0.1, 0.15) is 11.2 Å². The van der Waals surface area contributed by atoms with Crippen molar-refractivity contribution in [2.24, 2.45) is 11.8 Å². The van der Waals surface area contributed by atoms with Gasteiger partial charge in [-0.1, -0.05) is 185 Å². The summed E-state index contributed by atoms with van der Waals surface area (Å²) in [5.74, 6) is 3.78. The third-order valence-electron chi connectivity index (χ3n) is 15.4. The molecule has 3 aliphatic rings. The Kier molecular flexibility index (Phi) is 10.2. The lowest BCUT2D eigenvalue weighted by molar-refractivity contribution is 0.373. The molecule has 12 rings (SSSR count). The number of rotatable bonds is 8. The molecule has 0 radical (unpaired) electrons. The van der Waals surface area contributed by atoms with Crippen molar-refractivity contribution in [2.45, 2.75) is 83.5 Å². The quantitative estimate of drug-likeness (QED) is 0.143. The normalized spacial score (nSPS) is 19.5. The summed E-state index contributed by atoms with van der Waals surface area (Å²) in [5, 5.41) is 2.18. The molecule has 9 aromatic rings. The third kappa shape index (κ3) is 6.92. The van der Waals surface area contributed by atoms with E-state index in [-0.39, 0.29) is 5.41 Å². The van der Waals surface area contributed by atoms with Gasteiger partial charge in [-0.3, -0.25) is 0 Å². The summed E-state index contributed by atoms with van der Waals surface area (Å²) in [7, 11) is 0. The van der Waals surface area contributed by atoms with Gasteiger partial charge in [0.05, 0.1) is 0 Å². The smallest absolute Gasteiger partial charge is 0.164 e. The zero-order chi connectivity index (χ0) is 44.4. The monoisotopic (exact) mass is 857 g/mol. The summed E-state index contributed by atoms with van der Waals surface area (Å²) >= 11 is 0. The minimum atomic E-state index is -0.269. The molecule has 0 N–H and O–H groups in total. The van der Waals surface area contributed by atoms with Crippen LogP contribution in [0, 0.1) is 11.8 Å². The lowest BCUT2D eigenvalue weighted by atomic mass is 9.65. The molecule has 66 heavy (non-hydrogen) atoms. The van der Waals surface area contributed by atoms with E-state index in [1.165, 1.54) is 89.5 Å². The van der Waals surface area contributed by atoms with Gasteiger partial charge in [-0.25, -0.2) is 15.0 Å². The van der Waals surface area contributed by atoms with Gasteiger partial charge in [0.2, 0.25) is 0 Å². The maximum atomic E-state index is 6.75. The number of fused-ring (bicyclic) bond motifs is 6. The van der Waals surface area contributed by atoms with E-state index in [1.807, 2.05) is 24.3 Å². The first-order valence-electron chi connectivity index (χ1n) is 24.4. The Morgan fingerprint density at radius 2 is 1.17 bits per heavy atom. The summed E-state index contributed by atoms with van der Waals surface area (Å²) in [5.41, 5.74) is 17.9. The summed E-state index contributed by atoms with van der Waals surface area (Å²) in [4.78, 5) is 15.4. The van der Waals surface area contributed by atoms with Crippen LogP contribution in [0.5, 0.6) is 0 Å². The summed E-state index contributed by atoms with van der Waals surface area (Å²) < 4.78 is 6.75. The SMILES string of the molecule is CCC1CC(C2(C)c3cc(C4CCCCC4)ccc3-c3cccc(-c4cccc5oc6ccc(-c7nc(-c8ccccc8)nc(-c8ccc(-c9ccccc9)cc8)n7)cc6c45)c32)=CC(C)C1. The van der Waals surface area contributed by atoms with Crippen LogP contribution in [0.1, 0.15) is 94.7 Å². The van der Waals surface area contributed by atoms with Crippen molar-refractivity contribution in [1.82, 2.24) is 15.0 Å². The van der Waals surface area contributed by atoms with Crippen LogP contribution >= 0.6 is 0 Å². The van der Waals surface area contributed by atoms with Gasteiger partial charge in [-0.05, 0) is 125 Å². The van der Waals surface area contributed by atoms with Gasteiger partial charge < -0.3 is 4.42 Å². The Labute approximate surface area is 388 Å². The van der Waals surface area contributed by atoms with Gasteiger partial charge in [-0.2, -0.15) is 0 Å². The average Bonchev–Trinajstić information content (AvgIpc) is 3.89. The maximum Gasteiger partial charge on any atom is 0.164 e. The molecule has 2 aromatic heterocycles. The van der Waals surface area contributed by atoms with Crippen molar-refractivity contribution in [1.29, 1.82) is 0 Å². The molecule has 4 nitrogen and oxygen atoms in total. The van der Waals surface area contributed by atoms with E-state index in [1.54, 1.807) is 5.57 Å². The fraction of sp³-hybridized carbons (Fsp3) is 0.242. The van der Waals surface area contributed by atoms with E-state index >= 15 is 0 Å². The Hall–Kier alpha value is -6.91. The zero-order valence-corrected chi connectivity index (χ0v) is 38.2. The number of nitrogens with zero attached hydrogens (tertiary/aromatic N) is 3. The fourth-order valence-corrected chi connectivity index (χ4v) is 12.0. The van der Waals surface area contributed by atoms with Crippen molar-refractivity contribution in [3.05, 3.63) is 186 Å². The summed E-state index contributed by atoms with van der Waals surface area (Å²) in [6, 6.07) is 56.9. The Balaban J connectivity index is 1.02. The molecule has 3 aliphatic carbocycles. The minimum absolute atomic E-state index is 0.269. The first kappa shape index (κ1) is 40.6. The van der Waals surface area contributed by atoms with Gasteiger partial charge in [-0.15, -0.1) is 0 Å². The molecule has 3 atom stereocenters. The van der Waals surface area contributed by atoms with Gasteiger partial charge >= 0.3 is 0 Å². The summed E-state index contributed by atoms with van der Waals surface area (Å²) in [6.45, 7) is 7.38. The van der Waals surface area contributed by atoms with E-state index in [9.17, 15) is 0 Å². The number of furan rings is 1. The lowest BCUT2D eigenvalue weighted by Gasteiger charge is -2.38. The minimum Gasteiger partial charge on any atom is -0.456 e. The second-order valence-corrected chi connectivity index (χ2v) is 19.5. The van der Waals surface area contributed by atoms with Crippen LogP contribution in [-0.4, -0.2) is 15.0 Å². The van der Waals surface area contributed by atoms with Crippen molar-refractivity contribution >= 4 is 21.9 Å². The number of hydrogen-bond donors (Lipinski definition) is 0. The molecule has 1 saturated carbocycles. The van der Waals surface area contributed by atoms with Crippen LogP contribution < -0.4 is 0 Å². The van der Waals surface area contributed by atoms with E-state index < -0.39 is 0 Å². The van der Waals surface area contributed by atoms with Crippen molar-refractivity contribution < 1.29 is 4.42 Å². The van der Waals surface area contributed by atoms with Crippen LogP contribution in [0.15, 0.2) is 174 Å². The second-order valence-electron chi connectivity index (χ2n) is 19.5. The number of aromatic nitrogens is 3. The first-order chi connectivity index (χ1) is 32.4. The van der Waals surface area contributed by atoms with Crippen LogP contribution in [0.25, 0.3) is 89.5 Å². The molecule has 0 saturated heterocycles. The van der Waals surface area contributed by atoms with Crippen LogP contribution in [0.4, 0.5) is 0 Å². The average molecular weight is 858 g/mol. The highest BCUT2D eigenvalue weighted by molar-refractivity contribution is 6.14. The topological polar surface area (TPSA) is 51.8 Å². The molecule has 7 aromatic carbocycles. The zero-order valence-electron chi connectivity index (χ0n) is 38.2. The van der Waals surface area contributed by atoms with Crippen molar-refractivity contribution in [3.8, 4) is 67.5 Å². The molecular weight excluding hydrogens is 803 g/mol. The molecule has 1 fully saturated rings. The molecule has 0 spiro atoms. The molecule has 0 amide bonds. The molecular formula is C62H55N3O. The van der Waals surface area contributed by atoms with Crippen LogP contribution in [-0.2, 0) is 5.41 Å². The fourth-order valence-electron chi connectivity index (χ4n) is 12.0. The Morgan fingerprint density at radius 1 is 0.561 bits per heavy atom. The molecule has 2 heterocycles. The van der Waals surface area contributed by atoms with E-state index in [0.717, 1.165) is 50.6 Å². The highest BCUT2D eigenvalue weighted by Crippen LogP contribution is 2.59. The van der Waals surface area contributed by atoms with E-state index in [0.29, 0.717) is 35.2 Å². The van der Waals surface area contributed by atoms with E-state index in [4.69, 9.17) is 19.4 Å². The molecule has 3 unspecified atom stereocenters. The predicted molar refractivity (Wildman–Crippen MR) is 272 cm³/mol. The first-order valence-corrected chi connectivity index (χ1v) is 24.4. The highest BCUT2D eigenvalue weighted by Gasteiger charge is 2.45. The van der Waals surface area contributed by atoms with Gasteiger partial charge in [0.25, 0.3) is 0 Å². The predicted octanol–water partition coefficient (Wildman–Crippen LogP) is 16.8. The van der Waals surface area contributed by atoms with Crippen LogP contribution in [0.3, 0.4) is 0 Å². The number of benzene rings is 7. The van der Waals surface area contributed by atoms with Gasteiger partial charge in [0, 0.05) is 32.9 Å². The maximum absolute atomic E-state index is 6.75. The number of hydrogen-bond acceptors (Lipinski definition) is 4. The van der Waals surface area contributed by atoms with Crippen LogP contribution in [0.2, 0.25) is 0 Å². The molecule has 4 heteroatoms. The van der Waals surface area contributed by atoms with Crippen molar-refractivity contribution in [2.75, 3.05) is 0 Å². The molecule has 324 valence electrons. The standard InChI is InChI=1S/C62H55N3O/c1-4-40-34-39(2)35-48(36-40)62(3)54-38-46(42-18-10-6-11-19-42)30-32-49(54)51-23-14-24-52(58(51)62)50-22-15-25-56-57(50)53-37-47(31-33-55(53)66-56)61-64-59(44-20-12-7-13-21-44)63-60(65-61)45-28-26-43(27-29-45)41-16-8-5-9-17-41/h5,7-9,12-17,20-33,35,37-40,42H,4,6,10-11,18-19,34,36H2,1-3H3. The third-order valence-corrected chi connectivity index (χ3v) is 15.4. The van der Waals surface area contributed by atoms with Crippen molar-refractivity contribution in [3.63, 3.8) is 0 Å². The Morgan fingerprint density at radius 3 is 1.89 bits per heavy atom. The lowest BCUT2D eigenvalue weighted by Crippen LogP contribution is -2.29. The summed E-state index contributed by atoms with van der Waals surface area (Å²) in [6.07, 6.45) is 12.9. The Bertz CT molecular complexity index is 3300. The second kappa shape index (κ2) is 16.5. The van der Waals surface area contributed by atoms with E-state index in [2.05, 4.69) is 160 Å². The number of allylic oxidation sites excluding steroid dienone is 2. The van der Waals surface area contributed by atoms with Gasteiger partial charge in [0.15, 0.2) is 17.5 Å². The molecule has 0 aliphatic heterocycles.